The maximum atomic E-state index is 13.5. The molecule has 1 aromatic heterocycles. The molecule has 0 aliphatic rings. The van der Waals surface area contributed by atoms with Gasteiger partial charge in [0.1, 0.15) is 11.6 Å². The Morgan fingerprint density at radius 3 is 2.49 bits per heavy atom. The molecule has 0 saturated carbocycles. The van der Waals surface area contributed by atoms with Gasteiger partial charge in [0, 0.05) is 30.4 Å². The third kappa shape index (κ3) is 7.29. The number of halogens is 3. The first kappa shape index (κ1) is 27.2. The molecule has 2 aromatic carbocycles. The van der Waals surface area contributed by atoms with Crippen molar-refractivity contribution >= 4 is 46.7 Å². The summed E-state index contributed by atoms with van der Waals surface area (Å²) in [4.78, 5) is 47.1. The minimum absolute atomic E-state index is 0.0141. The van der Waals surface area contributed by atoms with Crippen LogP contribution in [-0.4, -0.2) is 39.8 Å². The number of carbonyl (C=O) groups excluding carboxylic acids is 2. The first-order valence-electron chi connectivity index (χ1n) is 10.0. The molecule has 3 rings (SSSR count). The van der Waals surface area contributed by atoms with Gasteiger partial charge >= 0.3 is 11.9 Å². The number of carbonyl (C=O) groups is 3. The lowest BCUT2D eigenvalue weighted by atomic mass is 10.1. The largest absolute Gasteiger partial charge is 0.493 e. The third-order valence-corrected chi connectivity index (χ3v) is 5.15. The molecule has 3 aromatic rings. The van der Waals surface area contributed by atoms with Crippen molar-refractivity contribution < 1.29 is 38.1 Å². The number of nitrogens with zero attached hydrogens (tertiary/aromatic N) is 2. The number of anilines is 1. The van der Waals surface area contributed by atoms with Crippen LogP contribution in [0.2, 0.25) is 10.0 Å². The summed E-state index contributed by atoms with van der Waals surface area (Å²) in [5.41, 5.74) is -0.835. The van der Waals surface area contributed by atoms with Crippen LogP contribution >= 0.6 is 23.2 Å². The quantitative estimate of drug-likeness (QED) is 0.298. The predicted octanol–water partition coefficient (Wildman–Crippen LogP) is 3.88. The number of aromatic nitrogens is 2. The number of rotatable bonds is 9. The van der Waals surface area contributed by atoms with Gasteiger partial charge in [0.15, 0.2) is 18.2 Å². The molecule has 1 heterocycles. The van der Waals surface area contributed by atoms with E-state index in [1.165, 1.54) is 25.3 Å². The van der Waals surface area contributed by atoms with Crippen molar-refractivity contribution in [2.24, 2.45) is 0 Å². The fourth-order valence-corrected chi connectivity index (χ4v) is 3.06. The molecule has 0 fully saturated rings. The number of amides is 1. The summed E-state index contributed by atoms with van der Waals surface area (Å²) in [6.07, 6.45) is 2.35. The van der Waals surface area contributed by atoms with Crippen LogP contribution in [0.15, 0.2) is 59.5 Å². The zero-order valence-electron chi connectivity index (χ0n) is 18.7. The normalized spacial score (nSPS) is 10.7. The van der Waals surface area contributed by atoms with Gasteiger partial charge in [-0.05, 0) is 18.2 Å². The Hall–Kier alpha value is -4.42. The fraction of sp³-hybridized carbons (Fsp3) is 0.0870. The molecule has 0 radical (unpaired) electrons. The zero-order valence-corrected chi connectivity index (χ0v) is 20.2. The van der Waals surface area contributed by atoms with Crippen LogP contribution in [0.5, 0.6) is 17.2 Å². The van der Waals surface area contributed by atoms with Gasteiger partial charge in [-0.15, -0.1) is 0 Å². The van der Waals surface area contributed by atoms with E-state index in [1.807, 2.05) is 0 Å². The Morgan fingerprint density at radius 2 is 1.81 bits per heavy atom. The fourth-order valence-electron chi connectivity index (χ4n) is 2.74. The van der Waals surface area contributed by atoms with Crippen LogP contribution in [0.1, 0.15) is 10.4 Å². The van der Waals surface area contributed by atoms with E-state index in [0.29, 0.717) is 12.2 Å². The highest BCUT2D eigenvalue weighted by atomic mass is 35.5. The van der Waals surface area contributed by atoms with E-state index < -0.39 is 36.0 Å². The smallest absolute Gasteiger partial charge is 0.332 e. The van der Waals surface area contributed by atoms with Crippen molar-refractivity contribution in [2.45, 2.75) is 6.73 Å². The lowest BCUT2D eigenvalue weighted by Crippen LogP contribution is -2.25. The summed E-state index contributed by atoms with van der Waals surface area (Å²) in [5.74, 6) is -3.56. The maximum absolute atomic E-state index is 13.5. The number of hydrogen-bond acceptors (Lipinski definition) is 8. The van der Waals surface area contributed by atoms with E-state index in [0.717, 1.165) is 29.1 Å². The molecule has 0 bridgehead atoms. The third-order valence-electron chi connectivity index (χ3n) is 4.43. The second kappa shape index (κ2) is 12.0. The summed E-state index contributed by atoms with van der Waals surface area (Å²) in [6.45, 7) is -0.597. The van der Waals surface area contributed by atoms with Crippen LogP contribution in [0, 0.1) is 5.82 Å². The average molecular weight is 552 g/mol. The van der Waals surface area contributed by atoms with Crippen molar-refractivity contribution in [1.82, 2.24) is 9.78 Å². The highest BCUT2D eigenvalue weighted by Gasteiger charge is 2.19. The molecule has 0 atom stereocenters. The van der Waals surface area contributed by atoms with Gasteiger partial charge in [-0.2, -0.15) is 9.78 Å². The number of hydrogen-bond donors (Lipinski definition) is 2. The molecule has 0 aliphatic carbocycles. The van der Waals surface area contributed by atoms with Crippen LogP contribution in [0.4, 0.5) is 10.1 Å². The van der Waals surface area contributed by atoms with Crippen LogP contribution < -0.4 is 20.3 Å². The lowest BCUT2D eigenvalue weighted by molar-refractivity contribution is -0.142. The summed E-state index contributed by atoms with van der Waals surface area (Å²) in [6, 6.07) is 7.05. The Labute approximate surface area is 217 Å². The van der Waals surface area contributed by atoms with E-state index in [9.17, 15) is 23.6 Å². The first-order chi connectivity index (χ1) is 17.6. The van der Waals surface area contributed by atoms with Gasteiger partial charge in [0.25, 0.3) is 11.5 Å². The van der Waals surface area contributed by atoms with Gasteiger partial charge in [0.2, 0.25) is 0 Å². The second-order valence-electron chi connectivity index (χ2n) is 6.96. The van der Waals surface area contributed by atoms with Crippen molar-refractivity contribution in [3.05, 3.63) is 86.5 Å². The Morgan fingerprint density at radius 1 is 1.08 bits per heavy atom. The zero-order chi connectivity index (χ0) is 27.1. The van der Waals surface area contributed by atoms with Crippen LogP contribution in [0.3, 0.4) is 0 Å². The Kier molecular flexibility index (Phi) is 8.82. The van der Waals surface area contributed by atoms with Gasteiger partial charge in [-0.3, -0.25) is 9.59 Å². The monoisotopic (exact) mass is 551 g/mol. The molecular formula is C23H16Cl2FN3O8. The molecule has 11 nitrogen and oxygen atoms in total. The molecule has 0 spiro atoms. The van der Waals surface area contributed by atoms with Gasteiger partial charge in [-0.25, -0.2) is 14.0 Å². The number of nitrogens with one attached hydrogen (secondary N) is 1. The minimum Gasteiger partial charge on any atom is -0.493 e. The molecular weight excluding hydrogens is 536 g/mol. The van der Waals surface area contributed by atoms with Gasteiger partial charge in [0.05, 0.1) is 34.6 Å². The number of methoxy groups -OCH3 is 1. The lowest BCUT2D eigenvalue weighted by Gasteiger charge is -2.15. The molecule has 37 heavy (non-hydrogen) atoms. The number of benzene rings is 2. The number of ether oxygens (including phenoxy) is 3. The van der Waals surface area contributed by atoms with Crippen molar-refractivity contribution in [1.29, 1.82) is 0 Å². The number of aliphatic carboxylic acids is 1. The number of carboxylic acid groups (broad SMARTS) is 1. The first-order valence-corrected chi connectivity index (χ1v) is 10.8. The molecule has 0 unspecified atom stereocenters. The summed E-state index contributed by atoms with van der Waals surface area (Å²) in [5, 5.41) is 14.9. The highest BCUT2D eigenvalue weighted by molar-refractivity contribution is 6.42. The standard InChI is InChI=1S/C23H16Cl2FN3O8/c1-35-19-6-12(26)2-3-17(19)37-18-9-16(25)15(24)8-14(18)23(34)28-13-7-20(30)29(27-10-13)11-36-22(33)5-4-21(31)32/h2-10H,11H2,1H3,(H,28,34)(H,31,32)/b5-4+. The topological polar surface area (TPSA) is 146 Å². The Balaban J connectivity index is 1.80. The molecule has 14 heteroatoms. The molecule has 1 amide bonds. The molecule has 192 valence electrons. The van der Waals surface area contributed by atoms with Gasteiger partial charge in [-0.1, -0.05) is 23.2 Å². The van der Waals surface area contributed by atoms with E-state index in [1.54, 1.807) is 0 Å². The second-order valence-corrected chi connectivity index (χ2v) is 7.77. The number of carboxylic acids is 1. The minimum atomic E-state index is -1.35. The van der Waals surface area contributed by atoms with Crippen LogP contribution in [-0.2, 0) is 21.1 Å². The summed E-state index contributed by atoms with van der Waals surface area (Å²) < 4.78 is 29.9. The highest BCUT2D eigenvalue weighted by Crippen LogP contribution is 2.37. The predicted molar refractivity (Wildman–Crippen MR) is 129 cm³/mol. The van der Waals surface area contributed by atoms with E-state index in [2.05, 4.69) is 10.4 Å². The summed E-state index contributed by atoms with van der Waals surface area (Å²) in [7, 11) is 1.31. The van der Waals surface area contributed by atoms with Crippen molar-refractivity contribution in [2.75, 3.05) is 12.4 Å². The number of esters is 1. The van der Waals surface area contributed by atoms with E-state index in [-0.39, 0.29) is 38.5 Å². The van der Waals surface area contributed by atoms with Crippen molar-refractivity contribution in [3.63, 3.8) is 0 Å². The molecule has 0 saturated heterocycles. The van der Waals surface area contributed by atoms with Gasteiger partial charge < -0.3 is 24.6 Å². The molecule has 2 N–H and O–H groups in total. The van der Waals surface area contributed by atoms with Crippen molar-refractivity contribution in [3.8, 4) is 17.2 Å². The average Bonchev–Trinajstić information content (AvgIpc) is 2.85. The molecule has 0 aliphatic heterocycles. The SMILES string of the molecule is COc1cc(F)ccc1Oc1cc(Cl)c(Cl)cc1C(=O)Nc1cnn(COC(=O)/C=C/C(=O)O)c(=O)c1. The Bertz CT molecular complexity index is 1460. The maximum Gasteiger partial charge on any atom is 0.332 e. The van der Waals surface area contributed by atoms with E-state index >= 15 is 0 Å². The van der Waals surface area contributed by atoms with Crippen LogP contribution in [0.25, 0.3) is 0 Å². The van der Waals surface area contributed by atoms with E-state index in [4.69, 9.17) is 42.5 Å². The summed E-state index contributed by atoms with van der Waals surface area (Å²) >= 11 is 12.2.